The molecule has 1 aliphatic heterocycles. The molecule has 1 aromatic rings. The number of halogens is 1. The summed E-state index contributed by atoms with van der Waals surface area (Å²) < 4.78 is 5.79. The van der Waals surface area contributed by atoms with Gasteiger partial charge in [-0.1, -0.05) is 12.1 Å². The van der Waals surface area contributed by atoms with Gasteiger partial charge >= 0.3 is 0 Å². The highest BCUT2D eigenvalue weighted by atomic mass is 35.5. The average molecular weight is 297 g/mol. The number of nitrogens with zero attached hydrogens (tertiary/aromatic N) is 1. The van der Waals surface area contributed by atoms with Crippen molar-refractivity contribution in [2.75, 3.05) is 19.7 Å². The fourth-order valence-electron chi connectivity index (χ4n) is 2.40. The molecule has 5 heteroatoms. The monoisotopic (exact) mass is 296 g/mol. The van der Waals surface area contributed by atoms with E-state index >= 15 is 0 Å². The summed E-state index contributed by atoms with van der Waals surface area (Å²) in [5.41, 5.74) is 6.52. The van der Waals surface area contributed by atoms with Gasteiger partial charge in [0.1, 0.15) is 5.75 Å². The first-order valence-electron chi connectivity index (χ1n) is 7.00. The smallest absolute Gasteiger partial charge is 0.257 e. The lowest BCUT2D eigenvalue weighted by Gasteiger charge is -2.18. The molecule has 110 valence electrons. The number of carbonyl (C=O) groups is 1. The fraction of sp³-hybridized carbons (Fsp3) is 0.533. The van der Waals surface area contributed by atoms with Crippen LogP contribution in [0.15, 0.2) is 24.3 Å². The molecule has 1 saturated carbocycles. The Morgan fingerprint density at radius 1 is 1.30 bits per heavy atom. The second-order valence-corrected chi connectivity index (χ2v) is 5.55. The topological polar surface area (TPSA) is 55.6 Å². The third-order valence-corrected chi connectivity index (χ3v) is 3.80. The van der Waals surface area contributed by atoms with Crippen LogP contribution in [0.4, 0.5) is 0 Å². The number of hydrogen-bond acceptors (Lipinski definition) is 3. The lowest BCUT2D eigenvalue weighted by atomic mass is 10.1. The zero-order valence-electron chi connectivity index (χ0n) is 11.5. The Hall–Kier alpha value is -1.26. The van der Waals surface area contributed by atoms with Crippen molar-refractivity contribution in [3.05, 3.63) is 29.8 Å². The number of amides is 1. The Morgan fingerprint density at radius 3 is 2.70 bits per heavy atom. The molecule has 1 amide bonds. The number of hydrogen-bond donors (Lipinski definition) is 1. The molecule has 0 spiro atoms. The first-order valence-corrected chi connectivity index (χ1v) is 7.00. The van der Waals surface area contributed by atoms with Gasteiger partial charge in [0.15, 0.2) is 0 Å². The Bertz CT molecular complexity index is 477. The highest BCUT2D eigenvalue weighted by molar-refractivity contribution is 5.97. The van der Waals surface area contributed by atoms with Crippen molar-refractivity contribution in [1.82, 2.24) is 4.90 Å². The van der Waals surface area contributed by atoms with E-state index in [1.54, 1.807) is 0 Å². The van der Waals surface area contributed by atoms with Crippen LogP contribution in [-0.4, -0.2) is 36.5 Å². The predicted octanol–water partition coefficient (Wildman–Crippen LogP) is 2.07. The van der Waals surface area contributed by atoms with E-state index in [1.165, 1.54) is 12.8 Å². The maximum absolute atomic E-state index is 12.5. The van der Waals surface area contributed by atoms with E-state index in [9.17, 15) is 4.79 Å². The van der Waals surface area contributed by atoms with Crippen LogP contribution in [0, 0.1) is 5.92 Å². The van der Waals surface area contributed by atoms with E-state index < -0.39 is 0 Å². The number of likely N-dealkylation sites (tertiary alicyclic amines) is 1. The van der Waals surface area contributed by atoms with Crippen LogP contribution in [0.25, 0.3) is 0 Å². The Kier molecular flexibility index (Phi) is 4.89. The second-order valence-electron chi connectivity index (χ2n) is 5.55. The van der Waals surface area contributed by atoms with Gasteiger partial charge < -0.3 is 15.4 Å². The quantitative estimate of drug-likeness (QED) is 0.925. The van der Waals surface area contributed by atoms with Crippen molar-refractivity contribution in [3.8, 4) is 5.75 Å². The van der Waals surface area contributed by atoms with E-state index in [1.807, 2.05) is 29.2 Å². The molecule has 2 N–H and O–H groups in total. The number of benzene rings is 1. The van der Waals surface area contributed by atoms with E-state index in [0.717, 1.165) is 19.6 Å². The predicted molar refractivity (Wildman–Crippen MR) is 80.4 cm³/mol. The van der Waals surface area contributed by atoms with E-state index in [-0.39, 0.29) is 24.4 Å². The minimum Gasteiger partial charge on any atom is -0.492 e. The van der Waals surface area contributed by atoms with Gasteiger partial charge in [-0.3, -0.25) is 4.79 Å². The summed E-state index contributed by atoms with van der Waals surface area (Å²) >= 11 is 0. The molecule has 0 unspecified atom stereocenters. The molecule has 1 saturated heterocycles. The van der Waals surface area contributed by atoms with Crippen molar-refractivity contribution in [2.45, 2.75) is 25.3 Å². The molecule has 0 aromatic heterocycles. The molecule has 0 radical (unpaired) electrons. The third kappa shape index (κ3) is 3.44. The van der Waals surface area contributed by atoms with Crippen LogP contribution >= 0.6 is 12.4 Å². The molecular weight excluding hydrogens is 276 g/mol. The van der Waals surface area contributed by atoms with Crippen LogP contribution in [0.5, 0.6) is 5.75 Å². The molecular formula is C15H21ClN2O2. The normalized spacial score (nSPS) is 21.4. The largest absolute Gasteiger partial charge is 0.492 e. The first kappa shape index (κ1) is 15.1. The van der Waals surface area contributed by atoms with Crippen LogP contribution in [-0.2, 0) is 0 Å². The van der Waals surface area contributed by atoms with Gasteiger partial charge in [0.05, 0.1) is 12.2 Å². The Balaban J connectivity index is 0.00000147. The minimum absolute atomic E-state index is 0. The molecule has 0 bridgehead atoms. The van der Waals surface area contributed by atoms with Gasteiger partial charge in [0.25, 0.3) is 5.91 Å². The third-order valence-electron chi connectivity index (χ3n) is 3.80. The Morgan fingerprint density at radius 2 is 2.05 bits per heavy atom. The molecule has 1 aliphatic carbocycles. The van der Waals surface area contributed by atoms with Gasteiger partial charge in [-0.15, -0.1) is 12.4 Å². The lowest BCUT2D eigenvalue weighted by Crippen LogP contribution is -2.32. The maximum atomic E-state index is 12.5. The van der Waals surface area contributed by atoms with Gasteiger partial charge in [0, 0.05) is 19.1 Å². The molecule has 1 atom stereocenters. The van der Waals surface area contributed by atoms with E-state index in [2.05, 4.69) is 0 Å². The van der Waals surface area contributed by atoms with Crippen LogP contribution < -0.4 is 10.5 Å². The van der Waals surface area contributed by atoms with Crippen LogP contribution in [0.1, 0.15) is 29.6 Å². The fourth-order valence-corrected chi connectivity index (χ4v) is 2.40. The average Bonchev–Trinajstić information content (AvgIpc) is 3.16. The summed E-state index contributed by atoms with van der Waals surface area (Å²) in [5.74, 6) is 1.43. The summed E-state index contributed by atoms with van der Waals surface area (Å²) in [6, 6.07) is 7.63. The minimum atomic E-state index is 0. The molecule has 1 aromatic carbocycles. The number of nitrogens with two attached hydrogens (primary N) is 1. The zero-order valence-corrected chi connectivity index (χ0v) is 12.3. The van der Waals surface area contributed by atoms with E-state index in [4.69, 9.17) is 10.5 Å². The zero-order chi connectivity index (χ0) is 13.2. The number of para-hydroxylation sites is 1. The van der Waals surface area contributed by atoms with Crippen molar-refractivity contribution in [3.63, 3.8) is 0 Å². The summed E-state index contributed by atoms with van der Waals surface area (Å²) in [6.45, 7) is 2.12. The summed E-state index contributed by atoms with van der Waals surface area (Å²) in [7, 11) is 0. The highest BCUT2D eigenvalue weighted by Crippen LogP contribution is 2.30. The lowest BCUT2D eigenvalue weighted by molar-refractivity contribution is 0.0786. The highest BCUT2D eigenvalue weighted by Gasteiger charge is 2.27. The molecule has 2 fully saturated rings. The first-order chi connectivity index (χ1) is 9.24. The summed E-state index contributed by atoms with van der Waals surface area (Å²) in [6.07, 6.45) is 3.38. The molecule has 1 heterocycles. The second kappa shape index (κ2) is 6.46. The standard InChI is InChI=1S/C15H20N2O2.ClH/c16-12-7-8-17(9-12)15(18)13-3-1-2-4-14(13)19-10-11-5-6-11;/h1-4,11-12H,5-10,16H2;1H/t12-;/m1./s1. The van der Waals surface area contributed by atoms with Crippen molar-refractivity contribution in [2.24, 2.45) is 11.7 Å². The molecule has 3 rings (SSSR count). The molecule has 4 nitrogen and oxygen atoms in total. The van der Waals surface area contributed by atoms with Crippen molar-refractivity contribution < 1.29 is 9.53 Å². The van der Waals surface area contributed by atoms with Gasteiger partial charge in [-0.05, 0) is 37.3 Å². The molecule has 2 aliphatic rings. The van der Waals surface area contributed by atoms with Crippen LogP contribution in [0.3, 0.4) is 0 Å². The number of ether oxygens (including phenoxy) is 1. The van der Waals surface area contributed by atoms with Gasteiger partial charge in [0.2, 0.25) is 0 Å². The van der Waals surface area contributed by atoms with Gasteiger partial charge in [-0.2, -0.15) is 0 Å². The van der Waals surface area contributed by atoms with Crippen LogP contribution in [0.2, 0.25) is 0 Å². The summed E-state index contributed by atoms with van der Waals surface area (Å²) in [4.78, 5) is 14.3. The number of rotatable bonds is 4. The molecule has 20 heavy (non-hydrogen) atoms. The van der Waals surface area contributed by atoms with E-state index in [0.29, 0.717) is 23.8 Å². The Labute approximate surface area is 125 Å². The van der Waals surface area contributed by atoms with Crippen molar-refractivity contribution in [1.29, 1.82) is 0 Å². The number of carbonyl (C=O) groups excluding carboxylic acids is 1. The SMILES string of the molecule is Cl.N[C@@H]1CCN(C(=O)c2ccccc2OCC2CC2)C1. The maximum Gasteiger partial charge on any atom is 0.257 e. The van der Waals surface area contributed by atoms with Crippen molar-refractivity contribution >= 4 is 18.3 Å². The van der Waals surface area contributed by atoms with Gasteiger partial charge in [-0.25, -0.2) is 0 Å². The summed E-state index contributed by atoms with van der Waals surface area (Å²) in [5, 5.41) is 0.